The zero-order chi connectivity index (χ0) is 21.5. The lowest BCUT2D eigenvalue weighted by atomic mass is 9.99. The second kappa shape index (κ2) is 9.29. The molecular formula is C23H18N2O5. The summed E-state index contributed by atoms with van der Waals surface area (Å²) in [6.45, 7) is 0. The molecule has 7 nitrogen and oxygen atoms in total. The fourth-order valence-corrected chi connectivity index (χ4v) is 2.81. The van der Waals surface area contributed by atoms with E-state index in [1.807, 2.05) is 0 Å². The number of Topliss-reactive ketones (excluding diaryl/α,β-unsaturated/α-hetero) is 1. The topological polar surface area (TPSA) is 98.5 Å². The van der Waals surface area contributed by atoms with Crippen LogP contribution in [0.3, 0.4) is 0 Å². The van der Waals surface area contributed by atoms with Crippen molar-refractivity contribution in [3.8, 4) is 5.75 Å². The number of nitrogens with zero attached hydrogens (tertiary/aromatic N) is 1. The lowest BCUT2D eigenvalue weighted by Crippen LogP contribution is -2.21. The lowest BCUT2D eigenvalue weighted by Gasteiger charge is -2.10. The normalized spacial score (nSPS) is 10.9. The van der Waals surface area contributed by atoms with Gasteiger partial charge in [0, 0.05) is 23.4 Å². The Kier molecular flexibility index (Phi) is 6.34. The molecule has 0 atom stereocenters. The molecule has 0 aliphatic rings. The molecule has 0 spiro atoms. The van der Waals surface area contributed by atoms with Gasteiger partial charge in [-0.25, -0.2) is 0 Å². The number of anilines is 1. The first-order chi connectivity index (χ1) is 14.5. The van der Waals surface area contributed by atoms with Crippen LogP contribution in [0.25, 0.3) is 6.08 Å². The first-order valence-electron chi connectivity index (χ1n) is 9.00. The number of carbonyl (C=O) groups excluding carboxylic acids is 2. The molecule has 0 radical (unpaired) electrons. The van der Waals surface area contributed by atoms with Gasteiger partial charge in [0.1, 0.15) is 5.75 Å². The van der Waals surface area contributed by atoms with Gasteiger partial charge in [-0.05, 0) is 24.3 Å². The number of amides is 1. The summed E-state index contributed by atoms with van der Waals surface area (Å²) in [7, 11) is 1.50. The van der Waals surface area contributed by atoms with Crippen LogP contribution < -0.4 is 10.1 Å². The van der Waals surface area contributed by atoms with E-state index in [1.54, 1.807) is 60.7 Å². The van der Waals surface area contributed by atoms with Crippen molar-refractivity contribution in [2.75, 3.05) is 12.4 Å². The third-order valence-corrected chi connectivity index (χ3v) is 4.29. The number of carbonyl (C=O) groups is 2. The van der Waals surface area contributed by atoms with Crippen LogP contribution in [0.2, 0.25) is 0 Å². The third-order valence-electron chi connectivity index (χ3n) is 4.29. The van der Waals surface area contributed by atoms with Crippen LogP contribution in [0.15, 0.2) is 84.4 Å². The van der Waals surface area contributed by atoms with Gasteiger partial charge in [-0.15, -0.1) is 0 Å². The number of hydrogen-bond donors (Lipinski definition) is 1. The average Bonchev–Trinajstić information content (AvgIpc) is 2.77. The molecular weight excluding hydrogens is 384 g/mol. The summed E-state index contributed by atoms with van der Waals surface area (Å²) in [5.74, 6) is -0.698. The minimum Gasteiger partial charge on any atom is -0.497 e. The van der Waals surface area contributed by atoms with E-state index in [0.29, 0.717) is 17.0 Å². The van der Waals surface area contributed by atoms with Crippen molar-refractivity contribution in [1.29, 1.82) is 0 Å². The van der Waals surface area contributed by atoms with Gasteiger partial charge in [0.05, 0.1) is 23.2 Å². The fourth-order valence-electron chi connectivity index (χ4n) is 2.81. The number of nitro groups is 1. The molecule has 150 valence electrons. The SMILES string of the molecule is COc1cccc(NC(=O)/C(=C/c2ccccc2[N+](=O)[O-])C(=O)c2ccccc2)c1. The van der Waals surface area contributed by atoms with Crippen LogP contribution in [-0.4, -0.2) is 23.7 Å². The number of hydrogen-bond acceptors (Lipinski definition) is 5. The van der Waals surface area contributed by atoms with Crippen molar-refractivity contribution in [2.45, 2.75) is 0 Å². The van der Waals surface area contributed by atoms with Crippen molar-refractivity contribution in [3.05, 3.63) is 106 Å². The van der Waals surface area contributed by atoms with Crippen molar-refractivity contribution in [3.63, 3.8) is 0 Å². The van der Waals surface area contributed by atoms with E-state index in [0.717, 1.165) is 0 Å². The van der Waals surface area contributed by atoms with Crippen LogP contribution in [0.1, 0.15) is 15.9 Å². The molecule has 0 aliphatic carbocycles. The fraction of sp³-hybridized carbons (Fsp3) is 0.0435. The Morgan fingerprint density at radius 3 is 2.37 bits per heavy atom. The molecule has 30 heavy (non-hydrogen) atoms. The van der Waals surface area contributed by atoms with E-state index < -0.39 is 16.6 Å². The van der Waals surface area contributed by atoms with Crippen molar-refractivity contribution < 1.29 is 19.2 Å². The summed E-state index contributed by atoms with van der Waals surface area (Å²) in [6, 6.07) is 20.8. The molecule has 0 aromatic heterocycles. The maximum Gasteiger partial charge on any atom is 0.276 e. The number of rotatable bonds is 7. The summed E-state index contributed by atoms with van der Waals surface area (Å²) in [5, 5.41) is 14.0. The molecule has 0 heterocycles. The number of ketones is 1. The maximum atomic E-state index is 13.1. The van der Waals surface area contributed by atoms with Gasteiger partial charge in [-0.1, -0.05) is 48.5 Å². The van der Waals surface area contributed by atoms with E-state index >= 15 is 0 Å². The monoisotopic (exact) mass is 402 g/mol. The highest BCUT2D eigenvalue weighted by Gasteiger charge is 2.22. The molecule has 0 saturated carbocycles. The van der Waals surface area contributed by atoms with Gasteiger partial charge in [-0.3, -0.25) is 19.7 Å². The Morgan fingerprint density at radius 2 is 1.67 bits per heavy atom. The highest BCUT2D eigenvalue weighted by Crippen LogP contribution is 2.24. The molecule has 0 bridgehead atoms. The summed E-state index contributed by atoms with van der Waals surface area (Å²) in [5.41, 5.74) is 0.447. The molecule has 0 aliphatic heterocycles. The predicted molar refractivity (Wildman–Crippen MR) is 113 cm³/mol. The Bertz CT molecular complexity index is 1120. The van der Waals surface area contributed by atoms with Crippen molar-refractivity contribution in [2.24, 2.45) is 0 Å². The Hall–Kier alpha value is -4.26. The third kappa shape index (κ3) is 4.77. The molecule has 0 saturated heterocycles. The first kappa shape index (κ1) is 20.5. The number of nitro benzene ring substituents is 1. The van der Waals surface area contributed by atoms with Crippen LogP contribution in [0.4, 0.5) is 11.4 Å². The van der Waals surface area contributed by atoms with E-state index in [4.69, 9.17) is 4.74 Å². The second-order valence-electron chi connectivity index (χ2n) is 6.26. The average molecular weight is 402 g/mol. The molecule has 0 fully saturated rings. The van der Waals surface area contributed by atoms with E-state index in [-0.39, 0.29) is 16.8 Å². The van der Waals surface area contributed by atoms with Crippen LogP contribution in [-0.2, 0) is 4.79 Å². The van der Waals surface area contributed by atoms with Gasteiger partial charge in [0.25, 0.3) is 11.6 Å². The predicted octanol–water partition coefficient (Wildman–Crippen LogP) is 4.51. The Balaban J connectivity index is 2.04. The molecule has 0 unspecified atom stereocenters. The summed E-state index contributed by atoms with van der Waals surface area (Å²) >= 11 is 0. The number of methoxy groups -OCH3 is 1. The van der Waals surface area contributed by atoms with Gasteiger partial charge in [0.15, 0.2) is 5.78 Å². The second-order valence-corrected chi connectivity index (χ2v) is 6.26. The maximum absolute atomic E-state index is 13.1. The first-order valence-corrected chi connectivity index (χ1v) is 9.00. The Labute approximate surface area is 172 Å². The highest BCUT2D eigenvalue weighted by atomic mass is 16.6. The molecule has 1 N–H and O–H groups in total. The minimum absolute atomic E-state index is 0.155. The van der Waals surface area contributed by atoms with Crippen LogP contribution in [0, 0.1) is 10.1 Å². The van der Waals surface area contributed by atoms with Crippen LogP contribution in [0.5, 0.6) is 5.75 Å². The molecule has 7 heteroatoms. The number of ether oxygens (including phenoxy) is 1. The lowest BCUT2D eigenvalue weighted by molar-refractivity contribution is -0.385. The molecule has 1 amide bonds. The van der Waals surface area contributed by atoms with Gasteiger partial charge >= 0.3 is 0 Å². The minimum atomic E-state index is -0.685. The highest BCUT2D eigenvalue weighted by molar-refractivity contribution is 6.31. The van der Waals surface area contributed by atoms with Crippen molar-refractivity contribution in [1.82, 2.24) is 0 Å². The summed E-state index contributed by atoms with van der Waals surface area (Å²) in [4.78, 5) is 36.9. The number of benzene rings is 3. The summed E-state index contributed by atoms with van der Waals surface area (Å²) < 4.78 is 5.14. The van der Waals surface area contributed by atoms with E-state index in [2.05, 4.69) is 5.32 Å². The molecule has 3 aromatic rings. The van der Waals surface area contributed by atoms with E-state index in [1.165, 1.54) is 31.4 Å². The smallest absolute Gasteiger partial charge is 0.276 e. The van der Waals surface area contributed by atoms with Crippen LogP contribution >= 0.6 is 0 Å². The zero-order valence-electron chi connectivity index (χ0n) is 16.1. The number of nitrogens with one attached hydrogen (secondary N) is 1. The standard InChI is InChI=1S/C23H18N2O5/c1-30-19-12-7-11-18(15-19)24-23(27)20(22(26)16-8-3-2-4-9-16)14-17-10-5-6-13-21(17)25(28)29/h2-15H,1H3,(H,24,27)/b20-14+. The van der Waals surface area contributed by atoms with Gasteiger partial charge < -0.3 is 10.1 Å². The molecule has 3 aromatic carbocycles. The number of para-hydroxylation sites is 1. The quantitative estimate of drug-likeness (QED) is 0.157. The largest absolute Gasteiger partial charge is 0.497 e. The zero-order valence-corrected chi connectivity index (χ0v) is 16.1. The van der Waals surface area contributed by atoms with Gasteiger partial charge in [-0.2, -0.15) is 0 Å². The van der Waals surface area contributed by atoms with E-state index in [9.17, 15) is 19.7 Å². The Morgan fingerprint density at radius 1 is 0.967 bits per heavy atom. The van der Waals surface area contributed by atoms with Crippen molar-refractivity contribution >= 4 is 29.1 Å². The molecule has 3 rings (SSSR count). The summed E-state index contributed by atoms with van der Waals surface area (Å²) in [6.07, 6.45) is 1.24. The van der Waals surface area contributed by atoms with Gasteiger partial charge in [0.2, 0.25) is 0 Å².